The fraction of sp³-hybridized carbons (Fsp3) is 0.200. The van der Waals surface area contributed by atoms with E-state index in [1.165, 1.54) is 11.1 Å². The zero-order valence-electron chi connectivity index (χ0n) is 10.3. The number of hydrogen-bond acceptors (Lipinski definition) is 2. The average Bonchev–Trinajstić information content (AvgIpc) is 2.35. The fourth-order valence-corrected chi connectivity index (χ4v) is 1.85. The summed E-state index contributed by atoms with van der Waals surface area (Å²) in [5.74, 6) is 0. The van der Waals surface area contributed by atoms with Gasteiger partial charge in [-0.3, -0.25) is 0 Å². The Morgan fingerprint density at radius 2 is 1.65 bits per heavy atom. The molecule has 0 aliphatic carbocycles. The van der Waals surface area contributed by atoms with Crippen LogP contribution in [0.25, 0.3) is 0 Å². The van der Waals surface area contributed by atoms with E-state index in [0.29, 0.717) is 6.54 Å². The summed E-state index contributed by atoms with van der Waals surface area (Å²) in [5.41, 5.74) is 11.7. The molecule has 0 atom stereocenters. The number of benzene rings is 2. The Kier molecular flexibility index (Phi) is 3.45. The molecule has 0 unspecified atom stereocenters. The van der Waals surface area contributed by atoms with Gasteiger partial charge in [0.05, 0.1) is 0 Å². The quantitative estimate of drug-likeness (QED) is 0.840. The Morgan fingerprint density at radius 1 is 0.941 bits per heavy atom. The molecule has 2 heteroatoms. The summed E-state index contributed by atoms with van der Waals surface area (Å²) in [6.07, 6.45) is 0. The fourth-order valence-electron chi connectivity index (χ4n) is 1.85. The first-order valence-electron chi connectivity index (χ1n) is 5.83. The van der Waals surface area contributed by atoms with E-state index in [9.17, 15) is 0 Å². The van der Waals surface area contributed by atoms with Crippen molar-refractivity contribution >= 4 is 11.4 Å². The molecule has 0 amide bonds. The van der Waals surface area contributed by atoms with Crippen molar-refractivity contribution < 1.29 is 0 Å². The van der Waals surface area contributed by atoms with E-state index in [1.807, 2.05) is 18.2 Å². The Balaban J connectivity index is 2.35. The van der Waals surface area contributed by atoms with Gasteiger partial charge in [0.25, 0.3) is 0 Å². The molecule has 88 valence electrons. The third-order valence-electron chi connectivity index (χ3n) is 3.11. The molecule has 2 aromatic rings. The van der Waals surface area contributed by atoms with Gasteiger partial charge in [-0.1, -0.05) is 30.3 Å². The molecule has 0 aliphatic heterocycles. The molecule has 0 aromatic heterocycles. The number of rotatable bonds is 3. The lowest BCUT2D eigenvalue weighted by atomic mass is 10.1. The van der Waals surface area contributed by atoms with Gasteiger partial charge in [-0.2, -0.15) is 0 Å². The van der Waals surface area contributed by atoms with Gasteiger partial charge in [-0.25, -0.2) is 0 Å². The molecule has 0 heterocycles. The smallest absolute Gasteiger partial charge is 0.0429 e. The minimum atomic E-state index is 0.550. The van der Waals surface area contributed by atoms with Crippen LogP contribution in [0.2, 0.25) is 0 Å². The van der Waals surface area contributed by atoms with Crippen LogP contribution in [-0.4, -0.2) is 0 Å². The summed E-state index contributed by atoms with van der Waals surface area (Å²) in [5, 5.41) is 3.45. The molecular formula is C15H18N2. The average molecular weight is 226 g/mol. The Labute approximate surface area is 102 Å². The lowest BCUT2D eigenvalue weighted by molar-refractivity contribution is 1.07. The first kappa shape index (κ1) is 11.7. The minimum Gasteiger partial charge on any atom is -0.355 e. The maximum absolute atomic E-state index is 5.73. The molecule has 3 N–H and O–H groups in total. The number of nitrogens with two attached hydrogens (primary N) is 1. The molecule has 0 saturated heterocycles. The Hall–Kier alpha value is -1.80. The minimum absolute atomic E-state index is 0.550. The Bertz CT molecular complexity index is 518. The van der Waals surface area contributed by atoms with Crippen LogP contribution in [0.1, 0.15) is 16.7 Å². The van der Waals surface area contributed by atoms with Crippen molar-refractivity contribution in [3.05, 3.63) is 59.2 Å². The largest absolute Gasteiger partial charge is 0.355 e. The first-order chi connectivity index (χ1) is 8.22. The molecule has 2 nitrogen and oxygen atoms in total. The predicted molar refractivity (Wildman–Crippen MR) is 73.5 cm³/mol. The van der Waals surface area contributed by atoms with Crippen LogP contribution in [-0.2, 0) is 6.54 Å². The normalized spacial score (nSPS) is 10.3. The van der Waals surface area contributed by atoms with Gasteiger partial charge in [0.2, 0.25) is 0 Å². The van der Waals surface area contributed by atoms with Gasteiger partial charge in [-0.05, 0) is 42.7 Å². The van der Waals surface area contributed by atoms with Crippen molar-refractivity contribution in [3.63, 3.8) is 0 Å². The second-order valence-corrected chi connectivity index (χ2v) is 4.23. The highest BCUT2D eigenvalue weighted by Crippen LogP contribution is 2.24. The van der Waals surface area contributed by atoms with E-state index in [2.05, 4.69) is 43.4 Å². The van der Waals surface area contributed by atoms with Crippen molar-refractivity contribution in [2.45, 2.75) is 20.4 Å². The number of aryl methyl sites for hydroxylation is 1. The first-order valence-corrected chi connectivity index (χ1v) is 5.83. The molecule has 0 spiro atoms. The van der Waals surface area contributed by atoms with Gasteiger partial charge < -0.3 is 11.1 Å². The van der Waals surface area contributed by atoms with Crippen molar-refractivity contribution in [3.8, 4) is 0 Å². The van der Waals surface area contributed by atoms with Crippen LogP contribution in [0.4, 0.5) is 11.4 Å². The van der Waals surface area contributed by atoms with Gasteiger partial charge in [0.1, 0.15) is 0 Å². The van der Waals surface area contributed by atoms with E-state index < -0.39 is 0 Å². The van der Waals surface area contributed by atoms with Crippen LogP contribution in [0.3, 0.4) is 0 Å². The van der Waals surface area contributed by atoms with Gasteiger partial charge in [-0.15, -0.1) is 0 Å². The molecule has 2 rings (SSSR count). The van der Waals surface area contributed by atoms with E-state index in [-0.39, 0.29) is 0 Å². The van der Waals surface area contributed by atoms with Crippen molar-refractivity contribution in [1.29, 1.82) is 0 Å². The predicted octanol–water partition coefficient (Wildman–Crippen LogP) is 3.51. The SMILES string of the molecule is Cc1cccc(Nc2ccccc2CN)c1C. The third kappa shape index (κ3) is 2.48. The summed E-state index contributed by atoms with van der Waals surface area (Å²) < 4.78 is 0. The molecule has 0 saturated carbocycles. The molecule has 0 radical (unpaired) electrons. The summed E-state index contributed by atoms with van der Waals surface area (Å²) in [6, 6.07) is 14.4. The zero-order chi connectivity index (χ0) is 12.3. The van der Waals surface area contributed by atoms with Gasteiger partial charge in [0.15, 0.2) is 0 Å². The van der Waals surface area contributed by atoms with Gasteiger partial charge in [0, 0.05) is 17.9 Å². The lowest BCUT2D eigenvalue weighted by Gasteiger charge is -2.14. The number of para-hydroxylation sites is 1. The number of anilines is 2. The molecular weight excluding hydrogens is 208 g/mol. The number of hydrogen-bond donors (Lipinski definition) is 2. The lowest BCUT2D eigenvalue weighted by Crippen LogP contribution is -2.02. The highest BCUT2D eigenvalue weighted by molar-refractivity contribution is 5.66. The van der Waals surface area contributed by atoms with E-state index in [1.54, 1.807) is 0 Å². The Morgan fingerprint density at radius 3 is 2.41 bits per heavy atom. The van der Waals surface area contributed by atoms with Crippen molar-refractivity contribution in [2.75, 3.05) is 5.32 Å². The second-order valence-electron chi connectivity index (χ2n) is 4.23. The topological polar surface area (TPSA) is 38.0 Å². The summed E-state index contributed by atoms with van der Waals surface area (Å²) >= 11 is 0. The van der Waals surface area contributed by atoms with Crippen molar-refractivity contribution in [1.82, 2.24) is 0 Å². The number of nitrogens with one attached hydrogen (secondary N) is 1. The standard InChI is InChI=1S/C15H18N2/c1-11-6-5-9-14(12(11)2)17-15-8-4-3-7-13(15)10-16/h3-9,17H,10,16H2,1-2H3. The van der Waals surface area contributed by atoms with E-state index in [0.717, 1.165) is 16.9 Å². The van der Waals surface area contributed by atoms with Crippen LogP contribution in [0, 0.1) is 13.8 Å². The van der Waals surface area contributed by atoms with E-state index in [4.69, 9.17) is 5.73 Å². The third-order valence-corrected chi connectivity index (χ3v) is 3.11. The second kappa shape index (κ2) is 5.02. The summed E-state index contributed by atoms with van der Waals surface area (Å²) in [6.45, 7) is 4.80. The maximum Gasteiger partial charge on any atom is 0.0429 e. The highest BCUT2D eigenvalue weighted by atomic mass is 14.9. The van der Waals surface area contributed by atoms with Crippen molar-refractivity contribution in [2.24, 2.45) is 5.73 Å². The van der Waals surface area contributed by atoms with Crippen LogP contribution in [0.15, 0.2) is 42.5 Å². The van der Waals surface area contributed by atoms with Crippen LogP contribution < -0.4 is 11.1 Å². The summed E-state index contributed by atoms with van der Waals surface area (Å²) in [7, 11) is 0. The van der Waals surface area contributed by atoms with Gasteiger partial charge >= 0.3 is 0 Å². The monoisotopic (exact) mass is 226 g/mol. The zero-order valence-corrected chi connectivity index (χ0v) is 10.3. The van der Waals surface area contributed by atoms with Crippen LogP contribution >= 0.6 is 0 Å². The highest BCUT2D eigenvalue weighted by Gasteiger charge is 2.03. The van der Waals surface area contributed by atoms with Crippen LogP contribution in [0.5, 0.6) is 0 Å². The summed E-state index contributed by atoms with van der Waals surface area (Å²) in [4.78, 5) is 0. The molecule has 2 aromatic carbocycles. The molecule has 0 bridgehead atoms. The molecule has 0 aliphatic rings. The molecule has 17 heavy (non-hydrogen) atoms. The van der Waals surface area contributed by atoms with E-state index >= 15 is 0 Å². The maximum atomic E-state index is 5.73. The molecule has 0 fully saturated rings.